The van der Waals surface area contributed by atoms with Crippen LogP contribution in [0.5, 0.6) is 0 Å². The summed E-state index contributed by atoms with van der Waals surface area (Å²) in [7, 11) is 0. The topological polar surface area (TPSA) is 44.1 Å². The minimum absolute atomic E-state index is 0.0356. The van der Waals surface area contributed by atoms with Gasteiger partial charge in [-0.25, -0.2) is 0 Å². The Labute approximate surface area is 104 Å². The van der Waals surface area contributed by atoms with Crippen LogP contribution in [0.15, 0.2) is 10.7 Å². The van der Waals surface area contributed by atoms with Crippen molar-refractivity contribution < 1.29 is 9.53 Å². The predicted molar refractivity (Wildman–Crippen MR) is 65.6 cm³/mol. The number of ether oxygens (including phenoxy) is 1. The van der Waals surface area contributed by atoms with E-state index in [1.54, 1.807) is 10.9 Å². The van der Waals surface area contributed by atoms with Crippen LogP contribution in [0.25, 0.3) is 0 Å². The Morgan fingerprint density at radius 1 is 1.62 bits per heavy atom. The van der Waals surface area contributed by atoms with Gasteiger partial charge in [0.25, 0.3) is 0 Å². The molecule has 0 spiro atoms. The van der Waals surface area contributed by atoms with Crippen molar-refractivity contribution in [2.75, 3.05) is 6.61 Å². The van der Waals surface area contributed by atoms with Crippen LogP contribution in [0.3, 0.4) is 0 Å². The maximum absolute atomic E-state index is 11.9. The second kappa shape index (κ2) is 6.15. The summed E-state index contributed by atoms with van der Waals surface area (Å²) in [4.78, 5) is 11.9. The molecule has 0 aliphatic carbocycles. The first-order valence-corrected chi connectivity index (χ1v) is 6.21. The first kappa shape index (κ1) is 13.4. The van der Waals surface area contributed by atoms with Crippen molar-refractivity contribution in [2.24, 2.45) is 0 Å². The van der Waals surface area contributed by atoms with Gasteiger partial charge in [-0.05, 0) is 36.2 Å². The van der Waals surface area contributed by atoms with Crippen LogP contribution in [0, 0.1) is 0 Å². The number of carbonyl (C=O) groups is 1. The highest BCUT2D eigenvalue weighted by Crippen LogP contribution is 2.17. The fraction of sp³-hybridized carbons (Fsp3) is 0.636. The third-order valence-electron chi connectivity index (χ3n) is 2.04. The van der Waals surface area contributed by atoms with Crippen LogP contribution in [-0.2, 0) is 11.3 Å². The maximum Gasteiger partial charge on any atom is 0.207 e. The molecule has 0 bridgehead atoms. The summed E-state index contributed by atoms with van der Waals surface area (Å²) in [5.41, 5.74) is 0.600. The largest absolute Gasteiger partial charge is 0.371 e. The van der Waals surface area contributed by atoms with E-state index in [0.717, 1.165) is 17.4 Å². The lowest BCUT2D eigenvalue weighted by molar-refractivity contribution is 0.0575. The molecule has 1 heterocycles. The molecule has 0 aromatic carbocycles. The third-order valence-corrected chi connectivity index (χ3v) is 2.62. The normalized spacial score (nSPS) is 11.1. The second-order valence-electron chi connectivity index (χ2n) is 3.85. The van der Waals surface area contributed by atoms with E-state index in [1.165, 1.54) is 0 Å². The Balaban J connectivity index is 2.76. The van der Waals surface area contributed by atoms with Gasteiger partial charge < -0.3 is 4.74 Å². The molecule has 0 fully saturated rings. The Morgan fingerprint density at radius 3 is 2.88 bits per heavy atom. The van der Waals surface area contributed by atoms with Gasteiger partial charge in [0.05, 0.1) is 16.8 Å². The van der Waals surface area contributed by atoms with Gasteiger partial charge in [0.1, 0.15) is 12.3 Å². The number of aromatic nitrogens is 2. The van der Waals surface area contributed by atoms with Gasteiger partial charge in [-0.2, -0.15) is 5.10 Å². The fourth-order valence-corrected chi connectivity index (χ4v) is 1.85. The molecule has 0 N–H and O–H groups in total. The predicted octanol–water partition coefficient (Wildman–Crippen LogP) is 2.66. The average molecular weight is 289 g/mol. The van der Waals surface area contributed by atoms with E-state index in [2.05, 4.69) is 28.0 Å². The number of ketones is 1. The van der Waals surface area contributed by atoms with E-state index in [-0.39, 0.29) is 18.5 Å². The molecule has 4 nitrogen and oxygen atoms in total. The Hall–Kier alpha value is -0.680. The third kappa shape index (κ3) is 3.42. The molecule has 0 aliphatic heterocycles. The maximum atomic E-state index is 11.9. The Kier molecular flexibility index (Phi) is 5.15. The highest BCUT2D eigenvalue weighted by Gasteiger charge is 2.17. The molecule has 1 aromatic rings. The molecule has 16 heavy (non-hydrogen) atoms. The fourth-order valence-electron chi connectivity index (χ4n) is 1.33. The summed E-state index contributed by atoms with van der Waals surface area (Å²) in [6.45, 7) is 6.71. The van der Waals surface area contributed by atoms with Gasteiger partial charge in [-0.15, -0.1) is 0 Å². The number of nitrogens with zero attached hydrogens (tertiary/aromatic N) is 2. The van der Waals surface area contributed by atoms with Gasteiger partial charge in [-0.1, -0.05) is 6.92 Å². The molecule has 0 saturated carbocycles. The molecular formula is C11H17BrN2O2. The summed E-state index contributed by atoms with van der Waals surface area (Å²) >= 11 is 3.34. The minimum atomic E-state index is -0.0356. The van der Waals surface area contributed by atoms with E-state index >= 15 is 0 Å². The van der Waals surface area contributed by atoms with Crippen LogP contribution in [-0.4, -0.2) is 28.3 Å². The molecule has 1 rings (SSSR count). The smallest absolute Gasteiger partial charge is 0.207 e. The zero-order valence-electron chi connectivity index (χ0n) is 9.86. The SMILES string of the molecule is CCCn1ncc(Br)c1C(=O)COC(C)C. The van der Waals surface area contributed by atoms with E-state index in [4.69, 9.17) is 4.74 Å². The molecular weight excluding hydrogens is 272 g/mol. The monoisotopic (exact) mass is 288 g/mol. The summed E-state index contributed by atoms with van der Waals surface area (Å²) in [6.07, 6.45) is 2.66. The highest BCUT2D eigenvalue weighted by molar-refractivity contribution is 9.10. The van der Waals surface area contributed by atoms with Crippen molar-refractivity contribution >= 4 is 21.7 Å². The molecule has 0 atom stereocenters. The summed E-state index contributed by atoms with van der Waals surface area (Å²) in [6, 6.07) is 0. The second-order valence-corrected chi connectivity index (χ2v) is 4.70. The van der Waals surface area contributed by atoms with Gasteiger partial charge in [0, 0.05) is 6.54 Å². The van der Waals surface area contributed by atoms with Crippen molar-refractivity contribution in [3.05, 3.63) is 16.4 Å². The average Bonchev–Trinajstić information content (AvgIpc) is 2.57. The van der Waals surface area contributed by atoms with Crippen LogP contribution in [0.1, 0.15) is 37.7 Å². The number of aryl methyl sites for hydroxylation is 1. The zero-order chi connectivity index (χ0) is 12.1. The van der Waals surface area contributed by atoms with Crippen molar-refractivity contribution in [3.63, 3.8) is 0 Å². The number of hydrogen-bond acceptors (Lipinski definition) is 3. The summed E-state index contributed by atoms with van der Waals surface area (Å²) in [5.74, 6) is -0.0356. The highest BCUT2D eigenvalue weighted by atomic mass is 79.9. The number of rotatable bonds is 6. The van der Waals surface area contributed by atoms with Gasteiger partial charge in [-0.3, -0.25) is 9.48 Å². The van der Waals surface area contributed by atoms with Crippen LogP contribution in [0.2, 0.25) is 0 Å². The van der Waals surface area contributed by atoms with Gasteiger partial charge in [0.15, 0.2) is 0 Å². The van der Waals surface area contributed by atoms with Gasteiger partial charge >= 0.3 is 0 Å². The first-order chi connectivity index (χ1) is 7.56. The molecule has 0 radical (unpaired) electrons. The first-order valence-electron chi connectivity index (χ1n) is 5.42. The molecule has 0 aliphatic rings. The molecule has 0 unspecified atom stereocenters. The molecule has 0 saturated heterocycles. The lowest BCUT2D eigenvalue weighted by Crippen LogP contribution is -2.18. The lowest BCUT2D eigenvalue weighted by atomic mass is 10.3. The van der Waals surface area contributed by atoms with Gasteiger partial charge in [0.2, 0.25) is 5.78 Å². The van der Waals surface area contributed by atoms with E-state index in [0.29, 0.717) is 5.69 Å². The molecule has 90 valence electrons. The number of halogens is 1. The summed E-state index contributed by atoms with van der Waals surface area (Å²) in [5, 5.41) is 4.15. The molecule has 0 amide bonds. The van der Waals surface area contributed by atoms with Crippen LogP contribution < -0.4 is 0 Å². The van der Waals surface area contributed by atoms with Crippen molar-refractivity contribution in [2.45, 2.75) is 39.8 Å². The Bertz CT molecular complexity index is 361. The van der Waals surface area contributed by atoms with E-state index in [1.807, 2.05) is 13.8 Å². The van der Waals surface area contributed by atoms with E-state index in [9.17, 15) is 4.79 Å². The number of hydrogen-bond donors (Lipinski definition) is 0. The Morgan fingerprint density at radius 2 is 2.31 bits per heavy atom. The van der Waals surface area contributed by atoms with Crippen LogP contribution >= 0.6 is 15.9 Å². The van der Waals surface area contributed by atoms with Crippen molar-refractivity contribution in [3.8, 4) is 0 Å². The van der Waals surface area contributed by atoms with Crippen molar-refractivity contribution in [1.82, 2.24) is 9.78 Å². The van der Waals surface area contributed by atoms with Crippen LogP contribution in [0.4, 0.5) is 0 Å². The molecule has 1 aromatic heterocycles. The quantitative estimate of drug-likeness (QED) is 0.756. The number of carbonyl (C=O) groups excluding carboxylic acids is 1. The standard InChI is InChI=1S/C11H17BrN2O2/c1-4-5-14-11(9(12)6-13-14)10(15)7-16-8(2)3/h6,8H,4-5,7H2,1-3H3. The molecule has 5 heteroatoms. The minimum Gasteiger partial charge on any atom is -0.371 e. The number of Topliss-reactive ketones (excluding diaryl/α,β-unsaturated/α-hetero) is 1. The summed E-state index contributed by atoms with van der Waals surface area (Å²) < 4.78 is 7.76. The zero-order valence-corrected chi connectivity index (χ0v) is 11.5. The van der Waals surface area contributed by atoms with Crippen molar-refractivity contribution in [1.29, 1.82) is 0 Å². The lowest BCUT2D eigenvalue weighted by Gasteiger charge is -2.08. The van der Waals surface area contributed by atoms with E-state index < -0.39 is 0 Å².